The summed E-state index contributed by atoms with van der Waals surface area (Å²) < 4.78 is 13.9. The number of nitrogens with zero attached hydrogens (tertiary/aromatic N) is 3. The third kappa shape index (κ3) is 4.82. The highest BCUT2D eigenvalue weighted by molar-refractivity contribution is 5.91. The Hall–Kier alpha value is -2.47. The van der Waals surface area contributed by atoms with E-state index in [-0.39, 0.29) is 11.8 Å². The van der Waals surface area contributed by atoms with E-state index in [0.717, 1.165) is 5.56 Å². The van der Waals surface area contributed by atoms with Gasteiger partial charge in [0.15, 0.2) is 5.96 Å². The molecule has 0 spiro atoms. The van der Waals surface area contributed by atoms with E-state index in [0.29, 0.717) is 24.5 Å². The topological polar surface area (TPSA) is 66.5 Å². The molecule has 6 heteroatoms. The van der Waals surface area contributed by atoms with Crippen LogP contribution in [0.5, 0.6) is 0 Å². The zero-order chi connectivity index (χ0) is 15.9. The molecule has 0 fully saturated rings. The molecule has 0 aliphatic rings. The Morgan fingerprint density at radius 1 is 1.32 bits per heavy atom. The number of hydrogen-bond donors (Lipinski definition) is 2. The molecule has 1 aromatic carbocycles. The zero-order valence-electron chi connectivity index (χ0n) is 12.8. The van der Waals surface area contributed by atoms with E-state index in [9.17, 15) is 4.39 Å². The maximum atomic E-state index is 13.9. The lowest BCUT2D eigenvalue weighted by atomic mass is 10.1. The monoisotopic (exact) mass is 301 g/mol. The van der Waals surface area contributed by atoms with Gasteiger partial charge in [0.25, 0.3) is 0 Å². The Morgan fingerprint density at radius 2 is 2.14 bits per heavy atom. The third-order valence-electron chi connectivity index (χ3n) is 2.96. The molecule has 3 N–H and O–H groups in total. The van der Waals surface area contributed by atoms with Crippen molar-refractivity contribution in [3.8, 4) is 0 Å². The van der Waals surface area contributed by atoms with Crippen LogP contribution >= 0.6 is 0 Å². The number of guanidine groups is 1. The van der Waals surface area contributed by atoms with Gasteiger partial charge in [-0.25, -0.2) is 14.4 Å². The minimum atomic E-state index is -0.224. The van der Waals surface area contributed by atoms with Crippen molar-refractivity contribution >= 4 is 11.8 Å². The summed E-state index contributed by atoms with van der Waals surface area (Å²) in [7, 11) is 3.81. The number of anilines is 1. The van der Waals surface area contributed by atoms with Gasteiger partial charge in [0.05, 0.1) is 6.54 Å². The molecule has 1 aromatic heterocycles. The lowest BCUT2D eigenvalue weighted by molar-refractivity contribution is 0.392. The van der Waals surface area contributed by atoms with Gasteiger partial charge < -0.3 is 16.0 Å². The summed E-state index contributed by atoms with van der Waals surface area (Å²) in [4.78, 5) is 10.2. The first-order chi connectivity index (χ1) is 10.5. The van der Waals surface area contributed by atoms with Gasteiger partial charge >= 0.3 is 0 Å². The number of rotatable bonds is 5. The molecule has 0 aliphatic heterocycles. The predicted octanol–water partition coefficient (Wildman–Crippen LogP) is 2.21. The van der Waals surface area contributed by atoms with Gasteiger partial charge in [-0.2, -0.15) is 0 Å². The summed E-state index contributed by atoms with van der Waals surface area (Å²) in [5.74, 6) is 0.644. The van der Waals surface area contributed by atoms with Gasteiger partial charge in [-0.3, -0.25) is 0 Å². The van der Waals surface area contributed by atoms with Crippen LogP contribution in [0.3, 0.4) is 0 Å². The molecule has 0 aliphatic carbocycles. The summed E-state index contributed by atoms with van der Waals surface area (Å²) in [5.41, 5.74) is 7.22. The Morgan fingerprint density at radius 3 is 2.77 bits per heavy atom. The highest BCUT2D eigenvalue weighted by atomic mass is 19.1. The molecular weight excluding hydrogens is 281 g/mol. The molecule has 0 saturated heterocycles. The zero-order valence-corrected chi connectivity index (χ0v) is 12.8. The first-order valence-electron chi connectivity index (χ1n) is 6.94. The lowest BCUT2D eigenvalue weighted by Gasteiger charge is -2.11. The number of nitrogens with two attached hydrogens (primary N) is 1. The number of nitrogens with one attached hydrogen (secondary N) is 1. The number of pyridine rings is 1. The van der Waals surface area contributed by atoms with E-state index in [2.05, 4.69) is 15.3 Å². The summed E-state index contributed by atoms with van der Waals surface area (Å²) in [6.07, 6.45) is 1.66. The van der Waals surface area contributed by atoms with E-state index >= 15 is 0 Å². The first-order valence-corrected chi connectivity index (χ1v) is 6.94. The van der Waals surface area contributed by atoms with Gasteiger partial charge in [-0.05, 0) is 37.9 Å². The third-order valence-corrected chi connectivity index (χ3v) is 2.96. The highest BCUT2D eigenvalue weighted by Gasteiger charge is 2.05. The van der Waals surface area contributed by atoms with Gasteiger partial charge in [0.1, 0.15) is 11.6 Å². The van der Waals surface area contributed by atoms with Crippen LogP contribution in [0.15, 0.2) is 47.6 Å². The van der Waals surface area contributed by atoms with Gasteiger partial charge in [-0.1, -0.05) is 18.2 Å². The van der Waals surface area contributed by atoms with Crippen LogP contribution in [0.25, 0.3) is 0 Å². The molecule has 0 bridgehead atoms. The van der Waals surface area contributed by atoms with Crippen LogP contribution in [-0.4, -0.2) is 29.9 Å². The molecule has 22 heavy (non-hydrogen) atoms. The number of halogens is 1. The van der Waals surface area contributed by atoms with E-state index < -0.39 is 0 Å². The highest BCUT2D eigenvalue weighted by Crippen LogP contribution is 2.13. The van der Waals surface area contributed by atoms with E-state index in [1.54, 1.807) is 18.3 Å². The van der Waals surface area contributed by atoms with Crippen LogP contribution in [-0.2, 0) is 13.1 Å². The summed E-state index contributed by atoms with van der Waals surface area (Å²) >= 11 is 0. The second kappa shape index (κ2) is 7.51. The second-order valence-corrected chi connectivity index (χ2v) is 5.20. The summed E-state index contributed by atoms with van der Waals surface area (Å²) in [6.45, 7) is 0.879. The number of benzene rings is 1. The van der Waals surface area contributed by atoms with Crippen molar-refractivity contribution in [2.75, 3.05) is 19.4 Å². The average Bonchev–Trinajstić information content (AvgIpc) is 2.48. The minimum absolute atomic E-state index is 0.224. The van der Waals surface area contributed by atoms with Crippen LogP contribution in [0.1, 0.15) is 11.1 Å². The van der Waals surface area contributed by atoms with Gasteiger partial charge in [-0.15, -0.1) is 0 Å². The predicted molar refractivity (Wildman–Crippen MR) is 87.0 cm³/mol. The van der Waals surface area contributed by atoms with Crippen LogP contribution in [0.2, 0.25) is 0 Å². The maximum Gasteiger partial charge on any atom is 0.194 e. The van der Waals surface area contributed by atoms with E-state index in [1.165, 1.54) is 6.07 Å². The largest absolute Gasteiger partial charge is 0.370 e. The number of hydrogen-bond acceptors (Lipinski definition) is 3. The SMILES string of the molecule is CN(C)Cc1ccc(CN=C(N)Nc2ccccn2)cc1F. The molecule has 0 unspecified atom stereocenters. The van der Waals surface area contributed by atoms with Crippen LogP contribution in [0, 0.1) is 5.82 Å². The van der Waals surface area contributed by atoms with Crippen molar-refractivity contribution in [2.24, 2.45) is 10.7 Å². The fourth-order valence-corrected chi connectivity index (χ4v) is 1.94. The Labute approximate surface area is 129 Å². The second-order valence-electron chi connectivity index (χ2n) is 5.20. The van der Waals surface area contributed by atoms with Crippen molar-refractivity contribution in [1.82, 2.24) is 9.88 Å². The quantitative estimate of drug-likeness (QED) is 0.656. The molecule has 2 rings (SSSR count). The molecular formula is C16H20FN5. The molecule has 0 radical (unpaired) electrons. The lowest BCUT2D eigenvalue weighted by Crippen LogP contribution is -2.23. The molecule has 116 valence electrons. The average molecular weight is 301 g/mol. The van der Waals surface area contributed by atoms with Crippen molar-refractivity contribution in [3.05, 3.63) is 59.5 Å². The first kappa shape index (κ1) is 15.9. The van der Waals surface area contributed by atoms with Gasteiger partial charge in [0.2, 0.25) is 0 Å². The van der Waals surface area contributed by atoms with Crippen molar-refractivity contribution in [3.63, 3.8) is 0 Å². The van der Waals surface area contributed by atoms with Gasteiger partial charge in [0, 0.05) is 18.3 Å². The molecule has 0 atom stereocenters. The number of aromatic nitrogens is 1. The summed E-state index contributed by atoms with van der Waals surface area (Å²) in [5, 5.41) is 2.88. The smallest absolute Gasteiger partial charge is 0.194 e. The van der Waals surface area contributed by atoms with Crippen molar-refractivity contribution in [1.29, 1.82) is 0 Å². The molecule has 0 amide bonds. The minimum Gasteiger partial charge on any atom is -0.370 e. The molecule has 0 saturated carbocycles. The number of aliphatic imine (C=N–C) groups is 1. The van der Waals surface area contributed by atoms with Crippen molar-refractivity contribution < 1.29 is 4.39 Å². The normalized spacial score (nSPS) is 11.7. The van der Waals surface area contributed by atoms with Crippen molar-refractivity contribution in [2.45, 2.75) is 13.1 Å². The Balaban J connectivity index is 1.98. The van der Waals surface area contributed by atoms with E-state index in [4.69, 9.17) is 5.73 Å². The Kier molecular flexibility index (Phi) is 5.43. The Bertz CT molecular complexity index is 640. The van der Waals surface area contributed by atoms with E-state index in [1.807, 2.05) is 37.2 Å². The summed E-state index contributed by atoms with van der Waals surface area (Å²) in [6, 6.07) is 10.6. The fourth-order valence-electron chi connectivity index (χ4n) is 1.94. The van der Waals surface area contributed by atoms with Crippen LogP contribution < -0.4 is 11.1 Å². The standard InChI is InChI=1S/C16H20FN5/c1-22(2)11-13-7-6-12(9-14(13)17)10-20-16(18)21-15-5-3-4-8-19-15/h3-9H,10-11H2,1-2H3,(H3,18,19,20,21). The molecule has 2 aromatic rings. The fraction of sp³-hybridized carbons (Fsp3) is 0.250. The van der Waals surface area contributed by atoms with Crippen LogP contribution in [0.4, 0.5) is 10.2 Å². The molecule has 1 heterocycles. The maximum absolute atomic E-state index is 13.9. The molecule has 5 nitrogen and oxygen atoms in total.